The fraction of sp³-hybridized carbons (Fsp3) is 0.312. The lowest BCUT2D eigenvalue weighted by Crippen LogP contribution is -2.20. The van der Waals surface area contributed by atoms with Crippen LogP contribution in [-0.4, -0.2) is 12.0 Å². The Bertz CT molecular complexity index is 538. The van der Waals surface area contributed by atoms with Crippen LogP contribution in [0, 0.1) is 5.92 Å². The average molecular weight is 317 g/mol. The molecule has 1 N–H and O–H groups in total. The summed E-state index contributed by atoms with van der Waals surface area (Å²) in [5.74, 6) is 1.32. The lowest BCUT2D eigenvalue weighted by molar-refractivity contribution is 0.505. The van der Waals surface area contributed by atoms with E-state index in [1.54, 1.807) is 0 Å². The molecule has 1 aliphatic carbocycles. The lowest BCUT2D eigenvalue weighted by atomic mass is 10.0. The monoisotopic (exact) mass is 316 g/mol. The predicted octanol–water partition coefficient (Wildman–Crippen LogP) is 3.91. The number of halogens is 1. The molecule has 0 aliphatic heterocycles. The lowest BCUT2D eigenvalue weighted by Gasteiger charge is -2.15. The maximum Gasteiger partial charge on any atom is 0.0577 e. The largest absolute Gasteiger partial charge is 0.311 e. The van der Waals surface area contributed by atoms with E-state index in [-0.39, 0.29) is 0 Å². The third-order valence-corrected chi connectivity index (χ3v) is 4.34. The van der Waals surface area contributed by atoms with E-state index in [2.05, 4.69) is 68.7 Å². The van der Waals surface area contributed by atoms with Crippen LogP contribution in [0.15, 0.2) is 53.1 Å². The molecule has 0 spiro atoms. The van der Waals surface area contributed by atoms with Crippen LogP contribution in [0.3, 0.4) is 0 Å². The van der Waals surface area contributed by atoms with Crippen molar-refractivity contribution in [3.8, 4) is 0 Å². The number of pyridine rings is 1. The third-order valence-electron chi connectivity index (χ3n) is 3.88. The van der Waals surface area contributed by atoms with Crippen LogP contribution >= 0.6 is 15.9 Å². The molecule has 19 heavy (non-hydrogen) atoms. The van der Waals surface area contributed by atoms with Gasteiger partial charge in [0.15, 0.2) is 0 Å². The molecule has 1 saturated carbocycles. The van der Waals surface area contributed by atoms with Gasteiger partial charge in [-0.2, -0.15) is 0 Å². The molecule has 0 saturated heterocycles. The normalized spacial score (nSPS) is 23.1. The van der Waals surface area contributed by atoms with E-state index in [1.807, 2.05) is 13.2 Å². The molecule has 0 amide bonds. The number of nitrogens with zero attached hydrogens (tertiary/aromatic N) is 1. The minimum Gasteiger partial charge on any atom is -0.311 e. The van der Waals surface area contributed by atoms with E-state index in [4.69, 9.17) is 0 Å². The summed E-state index contributed by atoms with van der Waals surface area (Å²) in [6.45, 7) is 0. The first-order chi connectivity index (χ1) is 9.29. The van der Waals surface area contributed by atoms with Crippen molar-refractivity contribution in [3.63, 3.8) is 0 Å². The van der Waals surface area contributed by atoms with Gasteiger partial charge in [-0.15, -0.1) is 0 Å². The minimum atomic E-state index is 0.346. The van der Waals surface area contributed by atoms with Crippen LogP contribution in [0.25, 0.3) is 0 Å². The molecule has 98 valence electrons. The van der Waals surface area contributed by atoms with E-state index < -0.39 is 0 Å². The van der Waals surface area contributed by atoms with E-state index in [1.165, 1.54) is 12.0 Å². The standard InChI is InChI=1S/C16H17BrN2/c1-18-16(15-8-7-12(17)10-19-15)14-9-13(14)11-5-3-2-4-6-11/h2-8,10,13-14,16,18H,9H2,1H3. The molecule has 1 aromatic carbocycles. The topological polar surface area (TPSA) is 24.9 Å². The van der Waals surface area contributed by atoms with Crippen LogP contribution in [0.2, 0.25) is 0 Å². The maximum absolute atomic E-state index is 4.53. The quantitative estimate of drug-likeness (QED) is 0.925. The highest BCUT2D eigenvalue weighted by molar-refractivity contribution is 9.10. The second-order valence-electron chi connectivity index (χ2n) is 5.08. The Morgan fingerprint density at radius 1 is 1.21 bits per heavy atom. The summed E-state index contributed by atoms with van der Waals surface area (Å²) in [6, 6.07) is 15.3. The van der Waals surface area contributed by atoms with Crippen molar-refractivity contribution in [2.75, 3.05) is 7.05 Å². The zero-order valence-electron chi connectivity index (χ0n) is 10.9. The molecule has 1 heterocycles. The molecule has 3 rings (SSSR count). The van der Waals surface area contributed by atoms with Crippen LogP contribution in [0.4, 0.5) is 0 Å². The first kappa shape index (κ1) is 12.8. The second-order valence-corrected chi connectivity index (χ2v) is 6.00. The number of hydrogen-bond acceptors (Lipinski definition) is 2. The first-order valence-corrected chi connectivity index (χ1v) is 7.42. The number of rotatable bonds is 4. The highest BCUT2D eigenvalue weighted by Crippen LogP contribution is 2.53. The summed E-state index contributed by atoms with van der Waals surface area (Å²) < 4.78 is 1.03. The van der Waals surface area contributed by atoms with Crippen LogP contribution in [-0.2, 0) is 0 Å². The molecule has 1 fully saturated rings. The number of benzene rings is 1. The predicted molar refractivity (Wildman–Crippen MR) is 81.0 cm³/mol. The van der Waals surface area contributed by atoms with Gasteiger partial charge in [0.1, 0.15) is 0 Å². The fourth-order valence-corrected chi connectivity index (χ4v) is 3.05. The SMILES string of the molecule is CNC(c1ccc(Br)cn1)C1CC1c1ccccc1. The zero-order chi connectivity index (χ0) is 13.2. The summed E-state index contributed by atoms with van der Waals surface area (Å²) in [5, 5.41) is 3.42. The Balaban J connectivity index is 1.77. The smallest absolute Gasteiger partial charge is 0.0577 e. The molecule has 0 radical (unpaired) electrons. The summed E-state index contributed by atoms with van der Waals surface area (Å²) in [4.78, 5) is 4.53. The van der Waals surface area contributed by atoms with Gasteiger partial charge in [0.05, 0.1) is 11.7 Å². The summed E-state index contributed by atoms with van der Waals surface area (Å²) in [5.41, 5.74) is 2.58. The van der Waals surface area contributed by atoms with Gasteiger partial charge in [-0.3, -0.25) is 4.98 Å². The molecular formula is C16H17BrN2. The summed E-state index contributed by atoms with van der Waals surface area (Å²) >= 11 is 3.43. The maximum atomic E-state index is 4.53. The molecule has 3 unspecified atom stereocenters. The van der Waals surface area contributed by atoms with Gasteiger partial charge in [0, 0.05) is 10.7 Å². The molecular weight excluding hydrogens is 300 g/mol. The number of hydrogen-bond donors (Lipinski definition) is 1. The van der Waals surface area contributed by atoms with Crippen LogP contribution in [0.1, 0.15) is 29.6 Å². The highest BCUT2D eigenvalue weighted by atomic mass is 79.9. The average Bonchev–Trinajstić information content (AvgIpc) is 3.23. The van der Waals surface area contributed by atoms with Gasteiger partial charge in [0.2, 0.25) is 0 Å². The Morgan fingerprint density at radius 3 is 2.63 bits per heavy atom. The highest BCUT2D eigenvalue weighted by Gasteiger charge is 2.44. The van der Waals surface area contributed by atoms with Crippen molar-refractivity contribution < 1.29 is 0 Å². The Hall–Kier alpha value is -1.19. The number of aromatic nitrogens is 1. The zero-order valence-corrected chi connectivity index (χ0v) is 12.5. The van der Waals surface area contributed by atoms with E-state index >= 15 is 0 Å². The molecule has 2 aromatic rings. The van der Waals surface area contributed by atoms with Crippen molar-refractivity contribution in [3.05, 3.63) is 64.4 Å². The molecule has 1 aromatic heterocycles. The Kier molecular flexibility index (Phi) is 3.67. The van der Waals surface area contributed by atoms with Gasteiger partial charge in [-0.05, 0) is 58.9 Å². The van der Waals surface area contributed by atoms with Gasteiger partial charge < -0.3 is 5.32 Å². The van der Waals surface area contributed by atoms with Gasteiger partial charge in [-0.25, -0.2) is 0 Å². The van der Waals surface area contributed by atoms with Gasteiger partial charge in [0.25, 0.3) is 0 Å². The van der Waals surface area contributed by atoms with Crippen molar-refractivity contribution in [1.82, 2.24) is 10.3 Å². The van der Waals surface area contributed by atoms with Gasteiger partial charge >= 0.3 is 0 Å². The third kappa shape index (κ3) is 2.72. The van der Waals surface area contributed by atoms with E-state index in [9.17, 15) is 0 Å². The minimum absolute atomic E-state index is 0.346. The van der Waals surface area contributed by atoms with Gasteiger partial charge in [-0.1, -0.05) is 30.3 Å². The first-order valence-electron chi connectivity index (χ1n) is 6.63. The summed E-state index contributed by atoms with van der Waals surface area (Å²) in [6.07, 6.45) is 3.12. The van der Waals surface area contributed by atoms with Crippen molar-refractivity contribution in [1.29, 1.82) is 0 Å². The Labute approximate surface area is 122 Å². The van der Waals surface area contributed by atoms with Crippen molar-refractivity contribution in [2.45, 2.75) is 18.4 Å². The second kappa shape index (κ2) is 5.43. The molecule has 2 nitrogen and oxygen atoms in total. The fourth-order valence-electron chi connectivity index (χ4n) is 2.82. The Morgan fingerprint density at radius 2 is 2.00 bits per heavy atom. The van der Waals surface area contributed by atoms with Crippen molar-refractivity contribution >= 4 is 15.9 Å². The molecule has 3 heteroatoms. The molecule has 3 atom stereocenters. The molecule has 1 aliphatic rings. The number of nitrogens with one attached hydrogen (secondary N) is 1. The van der Waals surface area contributed by atoms with Crippen molar-refractivity contribution in [2.24, 2.45) is 5.92 Å². The van der Waals surface area contributed by atoms with E-state index in [0.717, 1.165) is 10.2 Å². The van der Waals surface area contributed by atoms with Crippen LogP contribution < -0.4 is 5.32 Å². The molecule has 0 bridgehead atoms. The van der Waals surface area contributed by atoms with Crippen LogP contribution in [0.5, 0.6) is 0 Å². The van der Waals surface area contributed by atoms with E-state index in [0.29, 0.717) is 17.9 Å². The summed E-state index contributed by atoms with van der Waals surface area (Å²) in [7, 11) is 2.02.